The highest BCUT2D eigenvalue weighted by Gasteiger charge is 2.18. The molecule has 1 aromatic rings. The Morgan fingerprint density at radius 2 is 1.76 bits per heavy atom. The van der Waals surface area contributed by atoms with Gasteiger partial charge < -0.3 is 5.32 Å². The molecule has 2 rings (SSSR count). The third-order valence-electron chi connectivity index (χ3n) is 5.14. The molecule has 1 fully saturated rings. The minimum absolute atomic E-state index is 0.653. The van der Waals surface area contributed by atoms with E-state index in [1.807, 2.05) is 0 Å². The zero-order valence-electron chi connectivity index (χ0n) is 14.3. The second-order valence-corrected chi connectivity index (χ2v) is 6.97. The van der Waals surface area contributed by atoms with Gasteiger partial charge in [-0.2, -0.15) is 0 Å². The fourth-order valence-electron chi connectivity index (χ4n) is 3.74. The summed E-state index contributed by atoms with van der Waals surface area (Å²) < 4.78 is 0. The van der Waals surface area contributed by atoms with Crippen molar-refractivity contribution in [3.63, 3.8) is 0 Å². The second kappa shape index (κ2) is 8.58. The third-order valence-corrected chi connectivity index (χ3v) is 5.14. The van der Waals surface area contributed by atoms with Gasteiger partial charge in [0.1, 0.15) is 0 Å². The highest BCUT2D eigenvalue weighted by atomic mass is 14.9. The maximum atomic E-state index is 3.73. The number of benzene rings is 1. The SMILES string of the molecule is CCNC(Cc1ccc(C)c(C)c1)CC1CCCCCC1. The molecule has 1 nitrogen and oxygen atoms in total. The van der Waals surface area contributed by atoms with Crippen LogP contribution in [0.2, 0.25) is 0 Å². The predicted molar refractivity (Wildman–Crippen MR) is 92.9 cm³/mol. The van der Waals surface area contributed by atoms with Crippen LogP contribution in [0.1, 0.15) is 68.6 Å². The average Bonchev–Trinajstić information content (AvgIpc) is 2.72. The van der Waals surface area contributed by atoms with E-state index in [0.717, 1.165) is 12.5 Å². The number of aryl methyl sites for hydroxylation is 2. The Bertz CT molecular complexity index is 416. The maximum Gasteiger partial charge on any atom is 0.0110 e. The number of nitrogens with one attached hydrogen (secondary N) is 1. The Balaban J connectivity index is 1.95. The number of likely N-dealkylation sites (N-methyl/N-ethyl adjacent to an activating group) is 1. The van der Waals surface area contributed by atoms with E-state index in [1.54, 1.807) is 0 Å². The lowest BCUT2D eigenvalue weighted by Crippen LogP contribution is -2.33. The molecule has 0 spiro atoms. The normalized spacial score (nSPS) is 18.4. The fraction of sp³-hybridized carbons (Fsp3) is 0.700. The molecular formula is C20H33N. The summed E-state index contributed by atoms with van der Waals surface area (Å²) in [6, 6.07) is 7.63. The number of hydrogen-bond donors (Lipinski definition) is 1. The average molecular weight is 287 g/mol. The predicted octanol–water partition coefficient (Wildman–Crippen LogP) is 5.18. The second-order valence-electron chi connectivity index (χ2n) is 6.97. The summed E-state index contributed by atoms with van der Waals surface area (Å²) in [5.74, 6) is 0.947. The molecule has 21 heavy (non-hydrogen) atoms. The lowest BCUT2D eigenvalue weighted by molar-refractivity contribution is 0.353. The molecule has 0 aliphatic heterocycles. The van der Waals surface area contributed by atoms with Crippen LogP contribution >= 0.6 is 0 Å². The third kappa shape index (κ3) is 5.47. The Morgan fingerprint density at radius 3 is 2.38 bits per heavy atom. The minimum Gasteiger partial charge on any atom is -0.314 e. The largest absolute Gasteiger partial charge is 0.314 e. The molecule has 1 atom stereocenters. The Kier molecular flexibility index (Phi) is 6.76. The first-order chi connectivity index (χ1) is 10.2. The van der Waals surface area contributed by atoms with Crippen molar-refractivity contribution in [2.45, 2.75) is 78.2 Å². The van der Waals surface area contributed by atoms with Crippen LogP contribution in [0.3, 0.4) is 0 Å². The van der Waals surface area contributed by atoms with Crippen molar-refractivity contribution in [2.24, 2.45) is 5.92 Å². The highest BCUT2D eigenvalue weighted by molar-refractivity contribution is 5.30. The van der Waals surface area contributed by atoms with E-state index in [4.69, 9.17) is 0 Å². The molecule has 118 valence electrons. The Hall–Kier alpha value is -0.820. The quantitative estimate of drug-likeness (QED) is 0.710. The van der Waals surface area contributed by atoms with Crippen LogP contribution in [0.5, 0.6) is 0 Å². The summed E-state index contributed by atoms with van der Waals surface area (Å²) in [5, 5.41) is 3.73. The lowest BCUT2D eigenvalue weighted by Gasteiger charge is -2.24. The molecule has 0 bridgehead atoms. The highest BCUT2D eigenvalue weighted by Crippen LogP contribution is 2.27. The van der Waals surface area contributed by atoms with Gasteiger partial charge in [0.15, 0.2) is 0 Å². The molecule has 0 saturated heterocycles. The summed E-state index contributed by atoms with van der Waals surface area (Å²) in [6.07, 6.45) is 11.3. The van der Waals surface area contributed by atoms with Crippen LogP contribution in [0.4, 0.5) is 0 Å². The van der Waals surface area contributed by atoms with Crippen LogP contribution < -0.4 is 5.32 Å². The van der Waals surface area contributed by atoms with Crippen molar-refractivity contribution in [3.05, 3.63) is 34.9 Å². The van der Waals surface area contributed by atoms with Gasteiger partial charge >= 0.3 is 0 Å². The van der Waals surface area contributed by atoms with Gasteiger partial charge in [-0.15, -0.1) is 0 Å². The summed E-state index contributed by atoms with van der Waals surface area (Å²) in [5.41, 5.74) is 4.33. The first-order valence-corrected chi connectivity index (χ1v) is 8.98. The molecule has 0 radical (unpaired) electrons. The van der Waals surface area contributed by atoms with E-state index in [-0.39, 0.29) is 0 Å². The molecule has 0 amide bonds. The van der Waals surface area contributed by atoms with E-state index in [0.29, 0.717) is 6.04 Å². The molecule has 1 aliphatic carbocycles. The van der Waals surface area contributed by atoms with E-state index in [2.05, 4.69) is 44.3 Å². The Morgan fingerprint density at radius 1 is 1.05 bits per heavy atom. The zero-order chi connectivity index (χ0) is 15.1. The smallest absolute Gasteiger partial charge is 0.0110 e. The summed E-state index contributed by atoms with van der Waals surface area (Å²) in [7, 11) is 0. The van der Waals surface area contributed by atoms with Crippen LogP contribution in [-0.2, 0) is 6.42 Å². The molecule has 0 aromatic heterocycles. The van der Waals surface area contributed by atoms with Gasteiger partial charge in [-0.1, -0.05) is 63.6 Å². The number of hydrogen-bond acceptors (Lipinski definition) is 1. The minimum atomic E-state index is 0.653. The zero-order valence-corrected chi connectivity index (χ0v) is 14.3. The molecule has 1 aromatic carbocycles. The van der Waals surface area contributed by atoms with E-state index in [1.165, 1.54) is 68.1 Å². The van der Waals surface area contributed by atoms with Crippen molar-refractivity contribution in [3.8, 4) is 0 Å². The lowest BCUT2D eigenvalue weighted by atomic mass is 9.89. The van der Waals surface area contributed by atoms with Crippen LogP contribution in [0, 0.1) is 19.8 Å². The molecule has 1 N–H and O–H groups in total. The topological polar surface area (TPSA) is 12.0 Å². The van der Waals surface area contributed by atoms with Gasteiger partial charge in [0.2, 0.25) is 0 Å². The van der Waals surface area contributed by atoms with Crippen LogP contribution in [0.15, 0.2) is 18.2 Å². The number of rotatable bonds is 6. The first-order valence-electron chi connectivity index (χ1n) is 8.98. The van der Waals surface area contributed by atoms with Crippen molar-refractivity contribution < 1.29 is 0 Å². The molecule has 0 heterocycles. The van der Waals surface area contributed by atoms with Crippen molar-refractivity contribution in [2.75, 3.05) is 6.54 Å². The molecule has 1 saturated carbocycles. The maximum absolute atomic E-state index is 3.73. The van der Waals surface area contributed by atoms with Crippen molar-refractivity contribution in [1.29, 1.82) is 0 Å². The monoisotopic (exact) mass is 287 g/mol. The van der Waals surface area contributed by atoms with Crippen LogP contribution in [0.25, 0.3) is 0 Å². The van der Waals surface area contributed by atoms with Gasteiger partial charge in [0.05, 0.1) is 0 Å². The van der Waals surface area contributed by atoms with Crippen LogP contribution in [-0.4, -0.2) is 12.6 Å². The molecule has 1 aliphatic rings. The molecule has 1 heteroatoms. The van der Waals surface area contributed by atoms with Gasteiger partial charge in [0.25, 0.3) is 0 Å². The first kappa shape index (κ1) is 16.5. The molecular weight excluding hydrogens is 254 g/mol. The van der Waals surface area contributed by atoms with E-state index in [9.17, 15) is 0 Å². The summed E-state index contributed by atoms with van der Waals surface area (Å²) in [6.45, 7) is 7.75. The fourth-order valence-corrected chi connectivity index (χ4v) is 3.74. The standard InChI is InChI=1S/C20H33N/c1-4-21-20(14-18-9-7-5-6-8-10-18)15-19-12-11-16(2)17(3)13-19/h11-13,18,20-21H,4-10,14-15H2,1-3H3. The van der Waals surface area contributed by atoms with Gasteiger partial charge in [-0.05, 0) is 55.8 Å². The molecule has 1 unspecified atom stereocenters. The van der Waals surface area contributed by atoms with Gasteiger partial charge in [-0.3, -0.25) is 0 Å². The van der Waals surface area contributed by atoms with Crippen molar-refractivity contribution >= 4 is 0 Å². The summed E-state index contributed by atoms with van der Waals surface area (Å²) in [4.78, 5) is 0. The summed E-state index contributed by atoms with van der Waals surface area (Å²) >= 11 is 0. The van der Waals surface area contributed by atoms with E-state index >= 15 is 0 Å². The Labute approximate surface area is 131 Å². The van der Waals surface area contributed by atoms with Gasteiger partial charge in [0, 0.05) is 6.04 Å². The van der Waals surface area contributed by atoms with Gasteiger partial charge in [-0.25, -0.2) is 0 Å². The van der Waals surface area contributed by atoms with Crippen molar-refractivity contribution in [1.82, 2.24) is 5.32 Å². The van der Waals surface area contributed by atoms with E-state index < -0.39 is 0 Å².